The first kappa shape index (κ1) is 33.0. The molecule has 1 atom stereocenters. The number of anilines is 3. The van der Waals surface area contributed by atoms with Crippen LogP contribution in [0.2, 0.25) is 0 Å². The van der Waals surface area contributed by atoms with Crippen molar-refractivity contribution in [1.29, 1.82) is 0 Å². The van der Waals surface area contributed by atoms with Crippen LogP contribution in [-0.4, -0.2) is 4.57 Å². The molecule has 0 radical (unpaired) electrons. The number of fused-ring (bicyclic) bond motifs is 5. The lowest BCUT2D eigenvalue weighted by molar-refractivity contribution is 0.696. The molecule has 0 saturated heterocycles. The van der Waals surface area contributed by atoms with Crippen molar-refractivity contribution >= 4 is 44.4 Å². The summed E-state index contributed by atoms with van der Waals surface area (Å²) in [4.78, 5) is 2.39. The van der Waals surface area contributed by atoms with Gasteiger partial charge in [0.1, 0.15) is 0 Å². The summed E-state index contributed by atoms with van der Waals surface area (Å²) in [6.07, 6.45) is 13.0. The van der Waals surface area contributed by atoms with Gasteiger partial charge in [0, 0.05) is 39.1 Å². The summed E-state index contributed by atoms with van der Waals surface area (Å²) in [5, 5.41) is 2.52. The molecule has 3 aliphatic rings. The predicted octanol–water partition coefficient (Wildman–Crippen LogP) is 14.1. The van der Waals surface area contributed by atoms with Crippen LogP contribution in [0.25, 0.3) is 44.2 Å². The standard InChI is InChI=1S/C55H38N2/c1-5-17-41(18-6-1)55(42-19-7-2-8-20-42)51-27-15-13-25-47(51)50-38-46(34-36-52(50)55)56(43-21-9-3-10-22-43)45-32-29-39(30-33-45)40-31-35-49-48-26-14-16-28-53(48)57(54(49)37-40)44-23-11-4-12-24-44/h1-7,9-14,16-19,21-26,28-38H,15,27H2. The van der Waals surface area contributed by atoms with E-state index in [9.17, 15) is 0 Å². The van der Waals surface area contributed by atoms with Crippen molar-refractivity contribution < 1.29 is 0 Å². The Labute approximate surface area is 333 Å². The highest BCUT2D eigenvalue weighted by Crippen LogP contribution is 2.58. The van der Waals surface area contributed by atoms with Crippen molar-refractivity contribution in [2.24, 2.45) is 0 Å². The second kappa shape index (κ2) is 13.4. The minimum absolute atomic E-state index is 0.431. The van der Waals surface area contributed by atoms with E-state index in [1.54, 1.807) is 0 Å². The SMILES string of the molecule is C1=C=C(C2(c3ccccc3)C3=C(C=CCC3)c3cc(N(c4ccccc4)c4ccc(-c5ccc6c7ccccc7n(-c7ccccc7)c6c5)cc4)ccc32)C=CC=1. The number of benzene rings is 7. The molecular weight excluding hydrogens is 689 g/mol. The first-order valence-corrected chi connectivity index (χ1v) is 19.8. The Bertz CT molecular complexity index is 3060. The largest absolute Gasteiger partial charge is 0.310 e. The molecule has 0 spiro atoms. The van der Waals surface area contributed by atoms with E-state index in [0.717, 1.165) is 41.2 Å². The lowest BCUT2D eigenvalue weighted by atomic mass is 9.65. The first-order chi connectivity index (χ1) is 28.3. The second-order valence-electron chi connectivity index (χ2n) is 15.0. The predicted molar refractivity (Wildman–Crippen MR) is 238 cm³/mol. The van der Waals surface area contributed by atoms with Gasteiger partial charge in [-0.1, -0.05) is 145 Å². The van der Waals surface area contributed by atoms with Gasteiger partial charge < -0.3 is 9.47 Å². The van der Waals surface area contributed by atoms with Gasteiger partial charge in [-0.05, 0) is 125 Å². The molecule has 3 aliphatic carbocycles. The van der Waals surface area contributed by atoms with Crippen LogP contribution in [0.15, 0.2) is 229 Å². The highest BCUT2D eigenvalue weighted by atomic mass is 15.1. The van der Waals surface area contributed by atoms with Gasteiger partial charge in [-0.25, -0.2) is 0 Å². The molecule has 2 nitrogen and oxygen atoms in total. The Balaban J connectivity index is 1.04. The van der Waals surface area contributed by atoms with Gasteiger partial charge in [0.15, 0.2) is 0 Å². The van der Waals surface area contributed by atoms with Crippen LogP contribution < -0.4 is 4.90 Å². The van der Waals surface area contributed by atoms with Crippen LogP contribution in [0.1, 0.15) is 29.5 Å². The van der Waals surface area contributed by atoms with Crippen LogP contribution in [0, 0.1) is 0 Å². The van der Waals surface area contributed by atoms with E-state index in [1.807, 2.05) is 6.08 Å². The van der Waals surface area contributed by atoms with E-state index < -0.39 is 5.41 Å². The summed E-state index contributed by atoms with van der Waals surface area (Å²) < 4.78 is 2.39. The molecule has 11 rings (SSSR count). The zero-order chi connectivity index (χ0) is 37.8. The molecule has 1 aromatic heterocycles. The quantitative estimate of drug-likeness (QED) is 0.148. The monoisotopic (exact) mass is 726 g/mol. The molecule has 8 aromatic rings. The van der Waals surface area contributed by atoms with Gasteiger partial charge in [0.05, 0.1) is 16.4 Å². The summed E-state index contributed by atoms with van der Waals surface area (Å²) in [5.41, 5.74) is 23.5. The lowest BCUT2D eigenvalue weighted by Gasteiger charge is -2.36. The molecule has 1 heterocycles. The van der Waals surface area contributed by atoms with Crippen molar-refractivity contribution in [2.75, 3.05) is 4.90 Å². The summed E-state index contributed by atoms with van der Waals surface area (Å²) in [5.74, 6) is 0. The maximum absolute atomic E-state index is 3.56. The maximum Gasteiger partial charge on any atom is 0.0755 e. The average Bonchev–Trinajstić information content (AvgIpc) is 3.78. The van der Waals surface area contributed by atoms with E-state index in [-0.39, 0.29) is 0 Å². The number of hydrogen-bond acceptors (Lipinski definition) is 1. The maximum atomic E-state index is 3.56. The molecule has 0 N–H and O–H groups in total. The summed E-state index contributed by atoms with van der Waals surface area (Å²) in [6, 6.07) is 64.1. The van der Waals surface area contributed by atoms with Crippen LogP contribution in [0.4, 0.5) is 17.1 Å². The highest BCUT2D eigenvalue weighted by molar-refractivity contribution is 6.10. The van der Waals surface area contributed by atoms with Crippen molar-refractivity contribution in [2.45, 2.75) is 18.3 Å². The Kier molecular flexibility index (Phi) is 7.79. The van der Waals surface area contributed by atoms with Gasteiger partial charge in [0.2, 0.25) is 0 Å². The lowest BCUT2D eigenvalue weighted by Crippen LogP contribution is -2.30. The molecule has 0 aliphatic heterocycles. The molecule has 2 heteroatoms. The number of para-hydroxylation sites is 3. The zero-order valence-electron chi connectivity index (χ0n) is 31.4. The molecule has 268 valence electrons. The minimum atomic E-state index is -0.431. The number of rotatable bonds is 7. The van der Waals surface area contributed by atoms with Gasteiger partial charge in [-0.3, -0.25) is 0 Å². The van der Waals surface area contributed by atoms with Crippen LogP contribution in [0.5, 0.6) is 0 Å². The fraction of sp³-hybridized carbons (Fsp3) is 0.0545. The van der Waals surface area contributed by atoms with E-state index in [2.05, 4.69) is 221 Å². The number of aromatic nitrogens is 1. The second-order valence-corrected chi connectivity index (χ2v) is 15.0. The Morgan fingerprint density at radius 3 is 2.04 bits per heavy atom. The van der Waals surface area contributed by atoms with Gasteiger partial charge in [-0.2, -0.15) is 0 Å². The van der Waals surface area contributed by atoms with Crippen molar-refractivity contribution in [1.82, 2.24) is 4.57 Å². The third kappa shape index (κ3) is 5.21. The number of allylic oxidation sites excluding steroid dienone is 8. The summed E-state index contributed by atoms with van der Waals surface area (Å²) in [6.45, 7) is 0. The molecule has 1 unspecified atom stereocenters. The van der Waals surface area contributed by atoms with E-state index >= 15 is 0 Å². The minimum Gasteiger partial charge on any atom is -0.310 e. The van der Waals surface area contributed by atoms with Crippen LogP contribution >= 0.6 is 0 Å². The summed E-state index contributed by atoms with van der Waals surface area (Å²) in [7, 11) is 0. The van der Waals surface area contributed by atoms with Gasteiger partial charge in [0.25, 0.3) is 0 Å². The molecule has 7 aromatic carbocycles. The average molecular weight is 727 g/mol. The van der Waals surface area contributed by atoms with E-state index in [4.69, 9.17) is 0 Å². The molecule has 0 fully saturated rings. The molecule has 57 heavy (non-hydrogen) atoms. The number of nitrogens with zero attached hydrogens (tertiary/aromatic N) is 2. The molecular formula is C55H38N2. The smallest absolute Gasteiger partial charge is 0.0755 e. The molecule has 0 saturated carbocycles. The third-order valence-electron chi connectivity index (χ3n) is 12.0. The summed E-state index contributed by atoms with van der Waals surface area (Å²) >= 11 is 0. The van der Waals surface area contributed by atoms with Gasteiger partial charge >= 0.3 is 0 Å². The first-order valence-electron chi connectivity index (χ1n) is 19.8. The fourth-order valence-corrected chi connectivity index (χ4v) is 9.58. The Hall–Kier alpha value is -7.34. The van der Waals surface area contributed by atoms with Gasteiger partial charge in [-0.15, -0.1) is 0 Å². The van der Waals surface area contributed by atoms with Crippen molar-refractivity contribution in [3.8, 4) is 16.8 Å². The van der Waals surface area contributed by atoms with E-state index in [1.165, 1.54) is 60.8 Å². The normalized spacial score (nSPS) is 16.6. The number of hydrogen-bond donors (Lipinski definition) is 0. The zero-order valence-corrected chi connectivity index (χ0v) is 31.4. The van der Waals surface area contributed by atoms with Crippen LogP contribution in [-0.2, 0) is 5.41 Å². The van der Waals surface area contributed by atoms with E-state index in [0.29, 0.717) is 0 Å². The molecule has 0 amide bonds. The topological polar surface area (TPSA) is 8.17 Å². The molecule has 0 bridgehead atoms. The Morgan fingerprint density at radius 2 is 1.25 bits per heavy atom. The highest BCUT2D eigenvalue weighted by Gasteiger charge is 2.48. The van der Waals surface area contributed by atoms with Crippen LogP contribution in [0.3, 0.4) is 0 Å². The fourth-order valence-electron chi connectivity index (χ4n) is 9.58. The van der Waals surface area contributed by atoms with Crippen molar-refractivity contribution in [3.63, 3.8) is 0 Å². The Morgan fingerprint density at radius 1 is 0.561 bits per heavy atom. The third-order valence-corrected chi connectivity index (χ3v) is 12.0. The van der Waals surface area contributed by atoms with Crippen molar-refractivity contribution in [3.05, 3.63) is 246 Å².